The fraction of sp³-hybridized carbons (Fsp3) is 0.444. The van der Waals surface area contributed by atoms with E-state index in [1.54, 1.807) is 13.2 Å². The molecule has 0 atom stereocenters. The van der Waals surface area contributed by atoms with Crippen LogP contribution in [0.15, 0.2) is 36.7 Å². The maximum atomic E-state index is 12.4. The molecule has 2 heterocycles. The Morgan fingerprint density at radius 3 is 2.68 bits per heavy atom. The quantitative estimate of drug-likeness (QED) is 0.797. The van der Waals surface area contributed by atoms with Gasteiger partial charge in [0.1, 0.15) is 11.5 Å². The number of ether oxygens (including phenoxy) is 2. The SMILES string of the molecule is CCn1ccnc1N1CCN(C(=O)COc2cccc(OC)c2)CC1. The molecule has 0 N–H and O–H groups in total. The summed E-state index contributed by atoms with van der Waals surface area (Å²) in [6.45, 7) is 5.94. The van der Waals surface area contributed by atoms with Crippen molar-refractivity contribution >= 4 is 11.9 Å². The fourth-order valence-corrected chi connectivity index (χ4v) is 2.91. The van der Waals surface area contributed by atoms with Crippen molar-refractivity contribution < 1.29 is 14.3 Å². The first-order chi connectivity index (χ1) is 12.2. The van der Waals surface area contributed by atoms with E-state index < -0.39 is 0 Å². The second kappa shape index (κ2) is 7.92. The number of methoxy groups -OCH3 is 1. The van der Waals surface area contributed by atoms with Crippen molar-refractivity contribution in [1.29, 1.82) is 0 Å². The summed E-state index contributed by atoms with van der Waals surface area (Å²) in [6.07, 6.45) is 3.80. The van der Waals surface area contributed by atoms with Gasteiger partial charge in [-0.25, -0.2) is 4.98 Å². The first-order valence-electron chi connectivity index (χ1n) is 8.52. The zero-order valence-electron chi connectivity index (χ0n) is 14.7. The summed E-state index contributed by atoms with van der Waals surface area (Å²) in [5, 5.41) is 0. The summed E-state index contributed by atoms with van der Waals surface area (Å²) in [5.74, 6) is 2.32. The van der Waals surface area contributed by atoms with E-state index in [0.29, 0.717) is 24.6 Å². The highest BCUT2D eigenvalue weighted by molar-refractivity contribution is 5.78. The number of piperazine rings is 1. The van der Waals surface area contributed by atoms with Crippen molar-refractivity contribution in [3.05, 3.63) is 36.7 Å². The summed E-state index contributed by atoms with van der Waals surface area (Å²) in [4.78, 5) is 20.9. The van der Waals surface area contributed by atoms with Gasteiger partial charge in [-0.15, -0.1) is 0 Å². The molecule has 2 aromatic rings. The number of benzene rings is 1. The molecule has 3 rings (SSSR count). The number of rotatable bonds is 6. The number of anilines is 1. The Morgan fingerprint density at radius 1 is 1.20 bits per heavy atom. The van der Waals surface area contributed by atoms with Gasteiger partial charge in [0, 0.05) is 51.2 Å². The number of aryl methyl sites for hydroxylation is 1. The smallest absolute Gasteiger partial charge is 0.260 e. The van der Waals surface area contributed by atoms with Crippen LogP contribution in [0.2, 0.25) is 0 Å². The highest BCUT2D eigenvalue weighted by atomic mass is 16.5. The highest BCUT2D eigenvalue weighted by Crippen LogP contribution is 2.19. The van der Waals surface area contributed by atoms with Crippen molar-refractivity contribution in [3.63, 3.8) is 0 Å². The lowest BCUT2D eigenvalue weighted by molar-refractivity contribution is -0.133. The molecule has 134 valence electrons. The van der Waals surface area contributed by atoms with Gasteiger partial charge in [0.15, 0.2) is 6.61 Å². The van der Waals surface area contributed by atoms with E-state index in [9.17, 15) is 4.79 Å². The van der Waals surface area contributed by atoms with Crippen LogP contribution in [0.4, 0.5) is 5.95 Å². The molecule has 1 aliphatic rings. The number of hydrogen-bond donors (Lipinski definition) is 0. The average molecular weight is 344 g/mol. The van der Waals surface area contributed by atoms with Crippen molar-refractivity contribution in [2.24, 2.45) is 0 Å². The maximum absolute atomic E-state index is 12.4. The third-order valence-corrected chi connectivity index (χ3v) is 4.35. The molecule has 0 radical (unpaired) electrons. The number of amides is 1. The lowest BCUT2D eigenvalue weighted by Gasteiger charge is -2.35. The van der Waals surface area contributed by atoms with Gasteiger partial charge in [0.25, 0.3) is 5.91 Å². The molecule has 1 aromatic heterocycles. The summed E-state index contributed by atoms with van der Waals surface area (Å²) >= 11 is 0. The Hall–Kier alpha value is -2.70. The van der Waals surface area contributed by atoms with Gasteiger partial charge in [-0.05, 0) is 19.1 Å². The van der Waals surface area contributed by atoms with Crippen LogP contribution < -0.4 is 14.4 Å². The number of imidazole rings is 1. The number of hydrogen-bond acceptors (Lipinski definition) is 5. The predicted octanol–water partition coefficient (Wildman–Crippen LogP) is 1.64. The third kappa shape index (κ3) is 4.04. The minimum absolute atomic E-state index is 0.00121. The predicted molar refractivity (Wildman–Crippen MR) is 95.2 cm³/mol. The molecule has 0 spiro atoms. The molecule has 0 bridgehead atoms. The molecule has 1 saturated heterocycles. The first kappa shape index (κ1) is 17.1. The summed E-state index contributed by atoms with van der Waals surface area (Å²) in [5.41, 5.74) is 0. The Labute approximate surface area is 147 Å². The molecular formula is C18H24N4O3. The maximum Gasteiger partial charge on any atom is 0.260 e. The molecule has 0 unspecified atom stereocenters. The third-order valence-electron chi connectivity index (χ3n) is 4.35. The van der Waals surface area contributed by atoms with E-state index in [1.807, 2.05) is 35.5 Å². The molecule has 7 heteroatoms. The average Bonchev–Trinajstić information content (AvgIpc) is 3.15. The normalized spacial score (nSPS) is 14.5. The van der Waals surface area contributed by atoms with E-state index in [0.717, 1.165) is 25.6 Å². The number of nitrogens with zero attached hydrogens (tertiary/aromatic N) is 4. The molecule has 0 aliphatic carbocycles. The molecule has 25 heavy (non-hydrogen) atoms. The van der Waals surface area contributed by atoms with Crippen LogP contribution in [0.25, 0.3) is 0 Å². The molecule has 1 fully saturated rings. The second-order valence-electron chi connectivity index (χ2n) is 5.85. The minimum Gasteiger partial charge on any atom is -0.497 e. The van der Waals surface area contributed by atoms with Gasteiger partial charge < -0.3 is 23.8 Å². The summed E-state index contributed by atoms with van der Waals surface area (Å²) in [6, 6.07) is 7.27. The van der Waals surface area contributed by atoms with E-state index in [4.69, 9.17) is 9.47 Å². The largest absolute Gasteiger partial charge is 0.497 e. The Balaban J connectivity index is 1.50. The first-order valence-corrected chi connectivity index (χ1v) is 8.52. The molecular weight excluding hydrogens is 320 g/mol. The molecule has 1 amide bonds. The Bertz CT molecular complexity index is 708. The second-order valence-corrected chi connectivity index (χ2v) is 5.85. The number of carbonyl (C=O) groups is 1. The number of aromatic nitrogens is 2. The lowest BCUT2D eigenvalue weighted by Crippen LogP contribution is -2.50. The zero-order valence-corrected chi connectivity index (χ0v) is 14.7. The van der Waals surface area contributed by atoms with Crippen LogP contribution in [0, 0.1) is 0 Å². The van der Waals surface area contributed by atoms with E-state index in [2.05, 4.69) is 21.4 Å². The van der Waals surface area contributed by atoms with Crippen LogP contribution in [-0.4, -0.2) is 60.3 Å². The lowest BCUT2D eigenvalue weighted by atomic mass is 10.3. The van der Waals surface area contributed by atoms with Crippen molar-refractivity contribution in [2.75, 3.05) is 44.8 Å². The van der Waals surface area contributed by atoms with E-state index in [1.165, 1.54) is 0 Å². The van der Waals surface area contributed by atoms with Gasteiger partial charge in [0.05, 0.1) is 7.11 Å². The fourth-order valence-electron chi connectivity index (χ4n) is 2.91. The van der Waals surface area contributed by atoms with Crippen molar-refractivity contribution in [2.45, 2.75) is 13.5 Å². The Morgan fingerprint density at radius 2 is 1.96 bits per heavy atom. The summed E-state index contributed by atoms with van der Waals surface area (Å²) < 4.78 is 12.9. The van der Waals surface area contributed by atoms with Crippen molar-refractivity contribution in [1.82, 2.24) is 14.5 Å². The van der Waals surface area contributed by atoms with Gasteiger partial charge in [-0.1, -0.05) is 6.07 Å². The van der Waals surface area contributed by atoms with Crippen LogP contribution in [0.3, 0.4) is 0 Å². The monoisotopic (exact) mass is 344 g/mol. The van der Waals surface area contributed by atoms with Crippen molar-refractivity contribution in [3.8, 4) is 11.5 Å². The molecule has 1 aliphatic heterocycles. The van der Waals surface area contributed by atoms with Gasteiger partial charge in [-0.3, -0.25) is 4.79 Å². The van der Waals surface area contributed by atoms with Gasteiger partial charge in [0.2, 0.25) is 5.95 Å². The van der Waals surface area contributed by atoms with Crippen LogP contribution >= 0.6 is 0 Å². The van der Waals surface area contributed by atoms with E-state index >= 15 is 0 Å². The standard InChI is InChI=1S/C18H24N4O3/c1-3-20-8-7-19-18(20)22-11-9-21(10-12-22)17(23)14-25-16-6-4-5-15(13-16)24-2/h4-8,13H,3,9-12,14H2,1-2H3. The summed E-state index contributed by atoms with van der Waals surface area (Å²) in [7, 11) is 1.60. The topological polar surface area (TPSA) is 59.8 Å². The molecule has 7 nitrogen and oxygen atoms in total. The zero-order chi connectivity index (χ0) is 17.6. The minimum atomic E-state index is 0.00121. The molecule has 0 saturated carbocycles. The van der Waals surface area contributed by atoms with Crippen LogP contribution in [0.1, 0.15) is 6.92 Å². The van der Waals surface area contributed by atoms with Crippen LogP contribution in [0.5, 0.6) is 11.5 Å². The van der Waals surface area contributed by atoms with Gasteiger partial charge >= 0.3 is 0 Å². The Kier molecular flexibility index (Phi) is 5.42. The number of carbonyl (C=O) groups excluding carboxylic acids is 1. The van der Waals surface area contributed by atoms with Crippen LogP contribution in [-0.2, 0) is 11.3 Å². The molecule has 1 aromatic carbocycles. The van der Waals surface area contributed by atoms with Gasteiger partial charge in [-0.2, -0.15) is 0 Å². The highest BCUT2D eigenvalue weighted by Gasteiger charge is 2.23. The van der Waals surface area contributed by atoms with E-state index in [-0.39, 0.29) is 12.5 Å².